The lowest BCUT2D eigenvalue weighted by molar-refractivity contribution is -0.138. The molecule has 18 heteroatoms. The number of ether oxygens (including phenoxy) is 2. The molecular weight excluding hydrogens is 783 g/mol. The number of fused-ring (bicyclic) bond motifs is 5. The average molecular weight is 811 g/mol. The first-order chi connectivity index (χ1) is 23.7. The third-order valence-corrected chi connectivity index (χ3v) is 12.0. The van der Waals surface area contributed by atoms with Gasteiger partial charge < -0.3 is 19.1 Å². The SMILES string of the molecule is COc1cc2nc(CCn3c(=O)n4n(c3=O)C3CC5(Cl)C(=O)N(CBr)C(=O)C5(Cl)C(c5cc(Cl)ccc5O)C3=CC4)c(=O)n(C)c2cc1OC. The molecule has 2 amide bonds. The van der Waals surface area contributed by atoms with Crippen LogP contribution in [-0.4, -0.2) is 74.7 Å². The molecule has 4 unspecified atom stereocenters. The van der Waals surface area contributed by atoms with Crippen molar-refractivity contribution >= 4 is 73.6 Å². The Hall–Kier alpha value is -4.05. The van der Waals surface area contributed by atoms with Crippen LogP contribution in [-0.2, 0) is 36.1 Å². The molecular formula is C32H28BrCl3N6O8. The molecule has 3 aliphatic rings. The number of methoxy groups -OCH3 is 2. The fourth-order valence-corrected chi connectivity index (χ4v) is 9.02. The minimum absolute atomic E-state index is 0.0719. The van der Waals surface area contributed by atoms with Gasteiger partial charge in [-0.3, -0.25) is 19.3 Å². The van der Waals surface area contributed by atoms with Gasteiger partial charge in [-0.2, -0.15) is 0 Å². The predicted molar refractivity (Wildman–Crippen MR) is 187 cm³/mol. The molecule has 2 aromatic heterocycles. The Morgan fingerprint density at radius 1 is 1.02 bits per heavy atom. The van der Waals surface area contributed by atoms with Gasteiger partial charge in [0.15, 0.2) is 21.2 Å². The molecule has 1 aliphatic carbocycles. The fourth-order valence-electron chi connectivity index (χ4n) is 7.45. The van der Waals surface area contributed by atoms with Gasteiger partial charge in [0.2, 0.25) is 0 Å². The Labute approximate surface area is 306 Å². The van der Waals surface area contributed by atoms with Crippen molar-refractivity contribution in [1.82, 2.24) is 28.4 Å². The van der Waals surface area contributed by atoms with E-state index in [9.17, 15) is 29.1 Å². The summed E-state index contributed by atoms with van der Waals surface area (Å²) in [7, 11) is 4.53. The van der Waals surface area contributed by atoms with Crippen LogP contribution in [0.5, 0.6) is 17.2 Å². The maximum absolute atomic E-state index is 14.2. The molecule has 1 N–H and O–H groups in total. The minimum atomic E-state index is -2.12. The summed E-state index contributed by atoms with van der Waals surface area (Å²) in [5.41, 5.74) is -0.456. The standard InChI is InChI=1S/C32H28BrCl3N6O8/c1-38-20-12-24(50-3)23(49-2)11-19(20)37-18(26(38)44)7-8-39-29(47)41-9-6-16-21(42(41)30(39)48)13-31(35)27(45)40(14-33)28(46)32(31,36)25(16)17-10-15(34)4-5-22(17)43/h4-6,10-12,21,25,43H,7-9,13-14H2,1-3H3. The van der Waals surface area contributed by atoms with Crippen LogP contribution in [0.3, 0.4) is 0 Å². The van der Waals surface area contributed by atoms with Gasteiger partial charge in [-0.1, -0.05) is 33.6 Å². The van der Waals surface area contributed by atoms with E-state index in [-0.39, 0.29) is 53.4 Å². The summed E-state index contributed by atoms with van der Waals surface area (Å²) in [6.07, 6.45) is 1.26. The number of alkyl halides is 3. The molecule has 50 heavy (non-hydrogen) atoms. The number of carbonyl (C=O) groups is 2. The lowest BCUT2D eigenvalue weighted by Crippen LogP contribution is -2.59. The molecule has 1 saturated heterocycles. The van der Waals surface area contributed by atoms with Crippen molar-refractivity contribution in [2.45, 2.75) is 47.6 Å². The van der Waals surface area contributed by atoms with Crippen molar-refractivity contribution in [3.05, 3.63) is 89.6 Å². The van der Waals surface area contributed by atoms with Crippen LogP contribution in [0.4, 0.5) is 0 Å². The van der Waals surface area contributed by atoms with Crippen molar-refractivity contribution in [3.8, 4) is 17.2 Å². The van der Waals surface area contributed by atoms with E-state index in [0.717, 1.165) is 9.47 Å². The molecule has 2 fully saturated rings. The van der Waals surface area contributed by atoms with Gasteiger partial charge in [0.1, 0.15) is 11.4 Å². The Balaban J connectivity index is 1.32. The van der Waals surface area contributed by atoms with Gasteiger partial charge in [0.25, 0.3) is 17.4 Å². The zero-order valence-corrected chi connectivity index (χ0v) is 30.5. The summed E-state index contributed by atoms with van der Waals surface area (Å²) in [6, 6.07) is 6.45. The van der Waals surface area contributed by atoms with Gasteiger partial charge >= 0.3 is 11.4 Å². The molecule has 14 nitrogen and oxygen atoms in total. The largest absolute Gasteiger partial charge is 0.508 e. The molecule has 2 aromatic carbocycles. The van der Waals surface area contributed by atoms with Crippen molar-refractivity contribution < 1.29 is 24.2 Å². The normalized spacial score (nSPS) is 24.2. The summed E-state index contributed by atoms with van der Waals surface area (Å²) in [5.74, 6) is -2.23. The number of nitrogens with zero attached hydrogens (tertiary/aromatic N) is 6. The van der Waals surface area contributed by atoms with Crippen molar-refractivity contribution in [1.29, 1.82) is 0 Å². The molecule has 4 atom stereocenters. The molecule has 2 aliphatic heterocycles. The number of aryl methyl sites for hydroxylation is 2. The van der Waals surface area contributed by atoms with Crippen LogP contribution in [0.2, 0.25) is 5.02 Å². The van der Waals surface area contributed by atoms with Crippen LogP contribution in [0.25, 0.3) is 11.0 Å². The number of carbonyl (C=O) groups excluding carboxylic acids is 2. The zero-order valence-electron chi connectivity index (χ0n) is 26.7. The van der Waals surface area contributed by atoms with E-state index in [1.807, 2.05) is 0 Å². The predicted octanol–water partition coefficient (Wildman–Crippen LogP) is 3.02. The summed E-state index contributed by atoms with van der Waals surface area (Å²) < 4.78 is 15.5. The van der Waals surface area contributed by atoms with Crippen LogP contribution in [0, 0.1) is 0 Å². The Morgan fingerprint density at radius 2 is 1.72 bits per heavy atom. The Bertz CT molecular complexity index is 2370. The molecule has 0 spiro atoms. The minimum Gasteiger partial charge on any atom is -0.508 e. The summed E-state index contributed by atoms with van der Waals surface area (Å²) in [5, 5.41) is 11.2. The first-order valence-corrected chi connectivity index (χ1v) is 17.5. The number of halogens is 4. The molecule has 1 saturated carbocycles. The van der Waals surface area contributed by atoms with E-state index < -0.39 is 50.5 Å². The van der Waals surface area contributed by atoms with E-state index in [1.54, 1.807) is 25.3 Å². The van der Waals surface area contributed by atoms with Crippen LogP contribution in [0.1, 0.15) is 29.6 Å². The number of likely N-dealkylation sites (tertiary alicyclic amines) is 1. The summed E-state index contributed by atoms with van der Waals surface area (Å²) >= 11 is 23.9. The topological polar surface area (TPSA) is 160 Å². The molecule has 7 rings (SSSR count). The monoisotopic (exact) mass is 808 g/mol. The number of hydrogen-bond acceptors (Lipinski definition) is 9. The van der Waals surface area contributed by atoms with Gasteiger partial charge in [0.05, 0.1) is 43.3 Å². The molecule has 4 heterocycles. The maximum Gasteiger partial charge on any atom is 0.347 e. The van der Waals surface area contributed by atoms with Crippen molar-refractivity contribution in [3.63, 3.8) is 0 Å². The van der Waals surface area contributed by atoms with Gasteiger partial charge in [0, 0.05) is 55.1 Å². The average Bonchev–Trinajstić information content (AvgIpc) is 3.43. The van der Waals surface area contributed by atoms with E-state index in [0.29, 0.717) is 28.1 Å². The van der Waals surface area contributed by atoms with E-state index >= 15 is 0 Å². The van der Waals surface area contributed by atoms with E-state index in [2.05, 4.69) is 20.9 Å². The van der Waals surface area contributed by atoms with Crippen LogP contribution in [0.15, 0.2) is 56.4 Å². The number of phenols is 1. The number of amides is 2. The Kier molecular flexibility index (Phi) is 8.28. The third kappa shape index (κ3) is 4.59. The second-order valence-electron chi connectivity index (χ2n) is 12.2. The van der Waals surface area contributed by atoms with Gasteiger partial charge in [-0.05, 0) is 23.8 Å². The smallest absolute Gasteiger partial charge is 0.347 e. The number of hydrogen-bond donors (Lipinski definition) is 1. The first-order valence-electron chi connectivity index (χ1n) is 15.3. The van der Waals surface area contributed by atoms with Crippen molar-refractivity contribution in [2.24, 2.45) is 7.05 Å². The molecule has 0 radical (unpaired) electrons. The second-order valence-corrected chi connectivity index (χ2v) is 14.4. The molecule has 0 bridgehead atoms. The number of aromatic hydroxyl groups is 1. The number of allylic oxidation sites excluding steroid dienone is 2. The number of aromatic nitrogens is 5. The van der Waals surface area contributed by atoms with Crippen molar-refractivity contribution in [2.75, 3.05) is 19.7 Å². The molecule has 262 valence electrons. The Morgan fingerprint density at radius 3 is 2.40 bits per heavy atom. The number of benzene rings is 2. The zero-order chi connectivity index (χ0) is 36.0. The molecule has 4 aromatic rings. The maximum atomic E-state index is 14.2. The van der Waals surface area contributed by atoms with Gasteiger partial charge in [-0.15, -0.1) is 23.2 Å². The quantitative estimate of drug-likeness (QED) is 0.128. The highest BCUT2D eigenvalue weighted by Crippen LogP contribution is 2.64. The van der Waals surface area contributed by atoms with E-state index in [4.69, 9.17) is 44.3 Å². The number of imide groups is 1. The lowest BCUT2D eigenvalue weighted by Gasteiger charge is -2.49. The van der Waals surface area contributed by atoms with Crippen LogP contribution >= 0.6 is 50.7 Å². The fraction of sp³-hybridized carbons (Fsp3) is 0.375. The third-order valence-electron chi connectivity index (χ3n) is 9.88. The highest BCUT2D eigenvalue weighted by molar-refractivity contribution is 9.09. The summed E-state index contributed by atoms with van der Waals surface area (Å²) in [4.78, 5) is 70.2. The highest BCUT2D eigenvalue weighted by atomic mass is 79.9. The lowest BCUT2D eigenvalue weighted by atomic mass is 9.64. The van der Waals surface area contributed by atoms with Crippen LogP contribution < -0.4 is 26.4 Å². The van der Waals surface area contributed by atoms with E-state index in [1.165, 1.54) is 46.3 Å². The van der Waals surface area contributed by atoms with Gasteiger partial charge in [-0.25, -0.2) is 28.5 Å². The first kappa shape index (κ1) is 34.4. The summed E-state index contributed by atoms with van der Waals surface area (Å²) in [6.45, 7) is -0.304. The number of rotatable bonds is 7. The number of phenolic OH excluding ortho intramolecular Hbond substituents is 1. The second kappa shape index (κ2) is 12.0. The highest BCUT2D eigenvalue weighted by Gasteiger charge is 2.75.